The van der Waals surface area contributed by atoms with Crippen LogP contribution in [0.15, 0.2) is 12.3 Å². The van der Waals surface area contributed by atoms with Crippen LogP contribution in [0, 0.1) is 11.8 Å². The monoisotopic (exact) mass is 237 g/mol. The van der Waals surface area contributed by atoms with E-state index < -0.39 is 0 Å². The highest BCUT2D eigenvalue weighted by molar-refractivity contribution is 5.00. The van der Waals surface area contributed by atoms with Gasteiger partial charge >= 0.3 is 0 Å². The van der Waals surface area contributed by atoms with E-state index in [0.29, 0.717) is 12.0 Å². The highest BCUT2D eigenvalue weighted by Gasteiger charge is 2.09. The van der Waals surface area contributed by atoms with Gasteiger partial charge < -0.3 is 5.32 Å². The lowest BCUT2D eigenvalue weighted by Gasteiger charge is -2.16. The van der Waals surface area contributed by atoms with Gasteiger partial charge in [-0.2, -0.15) is 5.10 Å². The average Bonchev–Trinajstić information content (AvgIpc) is 2.60. The van der Waals surface area contributed by atoms with Gasteiger partial charge in [0.15, 0.2) is 0 Å². The molecule has 98 valence electrons. The van der Waals surface area contributed by atoms with Crippen LogP contribution in [-0.2, 0) is 13.1 Å². The van der Waals surface area contributed by atoms with Crippen molar-refractivity contribution >= 4 is 0 Å². The Morgan fingerprint density at radius 2 is 1.94 bits per heavy atom. The predicted molar refractivity (Wildman–Crippen MR) is 72.8 cm³/mol. The number of aromatic nitrogens is 2. The standard InChI is InChI=1S/C14H27N3/c1-11(2)8-13(5)10-17-14(6-7-16-17)9-15-12(3)4/h6-7,11-13,15H,8-10H2,1-5H3. The third kappa shape index (κ3) is 5.35. The van der Waals surface area contributed by atoms with Crippen LogP contribution in [0.25, 0.3) is 0 Å². The lowest BCUT2D eigenvalue weighted by molar-refractivity contribution is 0.365. The molecule has 3 heteroatoms. The summed E-state index contributed by atoms with van der Waals surface area (Å²) in [7, 11) is 0. The molecule has 1 heterocycles. The second kappa shape index (κ2) is 6.80. The van der Waals surface area contributed by atoms with Crippen LogP contribution in [0.5, 0.6) is 0 Å². The van der Waals surface area contributed by atoms with Crippen LogP contribution in [0.4, 0.5) is 0 Å². The van der Waals surface area contributed by atoms with Gasteiger partial charge in [0.1, 0.15) is 0 Å². The summed E-state index contributed by atoms with van der Waals surface area (Å²) in [5.41, 5.74) is 1.29. The minimum Gasteiger partial charge on any atom is -0.309 e. The maximum absolute atomic E-state index is 4.42. The fraction of sp³-hybridized carbons (Fsp3) is 0.786. The summed E-state index contributed by atoms with van der Waals surface area (Å²) in [4.78, 5) is 0. The fourth-order valence-corrected chi connectivity index (χ4v) is 2.16. The van der Waals surface area contributed by atoms with Crippen molar-refractivity contribution in [2.45, 2.75) is 60.2 Å². The molecule has 0 radical (unpaired) electrons. The summed E-state index contributed by atoms with van der Waals surface area (Å²) < 4.78 is 2.14. The van der Waals surface area contributed by atoms with Gasteiger partial charge in [-0.25, -0.2) is 0 Å². The van der Waals surface area contributed by atoms with E-state index in [1.54, 1.807) is 0 Å². The quantitative estimate of drug-likeness (QED) is 0.790. The van der Waals surface area contributed by atoms with Gasteiger partial charge in [-0.1, -0.05) is 34.6 Å². The molecule has 0 aliphatic heterocycles. The smallest absolute Gasteiger partial charge is 0.0522 e. The van der Waals surface area contributed by atoms with Crippen molar-refractivity contribution in [2.75, 3.05) is 0 Å². The lowest BCUT2D eigenvalue weighted by Crippen LogP contribution is -2.24. The van der Waals surface area contributed by atoms with E-state index in [0.717, 1.165) is 19.0 Å². The zero-order valence-electron chi connectivity index (χ0n) is 11.9. The van der Waals surface area contributed by atoms with Crippen molar-refractivity contribution in [3.05, 3.63) is 18.0 Å². The van der Waals surface area contributed by atoms with Crippen LogP contribution >= 0.6 is 0 Å². The first-order valence-corrected chi connectivity index (χ1v) is 6.73. The highest BCUT2D eigenvalue weighted by Crippen LogP contribution is 2.14. The third-order valence-corrected chi connectivity index (χ3v) is 2.85. The van der Waals surface area contributed by atoms with Crippen LogP contribution < -0.4 is 5.32 Å². The van der Waals surface area contributed by atoms with E-state index in [4.69, 9.17) is 0 Å². The molecule has 1 N–H and O–H groups in total. The third-order valence-electron chi connectivity index (χ3n) is 2.85. The zero-order chi connectivity index (χ0) is 12.8. The molecule has 1 aromatic heterocycles. The largest absolute Gasteiger partial charge is 0.309 e. The summed E-state index contributed by atoms with van der Waals surface area (Å²) in [6, 6.07) is 2.63. The highest BCUT2D eigenvalue weighted by atomic mass is 15.3. The molecule has 1 rings (SSSR count). The maximum Gasteiger partial charge on any atom is 0.0522 e. The molecule has 0 aliphatic rings. The fourth-order valence-electron chi connectivity index (χ4n) is 2.16. The van der Waals surface area contributed by atoms with Crippen molar-refractivity contribution in [3.8, 4) is 0 Å². The van der Waals surface area contributed by atoms with Crippen LogP contribution in [-0.4, -0.2) is 15.8 Å². The summed E-state index contributed by atoms with van der Waals surface area (Å²) >= 11 is 0. The van der Waals surface area contributed by atoms with Gasteiger partial charge in [0.2, 0.25) is 0 Å². The summed E-state index contributed by atoms with van der Waals surface area (Å²) in [5.74, 6) is 1.45. The number of nitrogens with one attached hydrogen (secondary N) is 1. The van der Waals surface area contributed by atoms with Crippen LogP contribution in [0.2, 0.25) is 0 Å². The molecular formula is C14H27N3. The number of hydrogen-bond donors (Lipinski definition) is 1. The van der Waals surface area contributed by atoms with Gasteiger partial charge in [-0.15, -0.1) is 0 Å². The Kier molecular flexibility index (Phi) is 5.69. The Hall–Kier alpha value is -0.830. The molecule has 0 amide bonds. The number of nitrogens with zero attached hydrogens (tertiary/aromatic N) is 2. The van der Waals surface area contributed by atoms with Crippen molar-refractivity contribution in [1.29, 1.82) is 0 Å². The van der Waals surface area contributed by atoms with Gasteiger partial charge in [-0.3, -0.25) is 4.68 Å². The summed E-state index contributed by atoms with van der Waals surface area (Å²) in [6.07, 6.45) is 3.16. The molecule has 3 nitrogen and oxygen atoms in total. The topological polar surface area (TPSA) is 29.9 Å². The first kappa shape index (κ1) is 14.2. The molecular weight excluding hydrogens is 210 g/mol. The van der Waals surface area contributed by atoms with E-state index in [1.165, 1.54) is 12.1 Å². The normalized spacial score (nSPS) is 13.6. The summed E-state index contributed by atoms with van der Waals surface area (Å²) in [5, 5.41) is 7.86. The van der Waals surface area contributed by atoms with Crippen molar-refractivity contribution < 1.29 is 0 Å². The molecule has 1 aromatic rings. The molecule has 0 saturated carbocycles. The van der Waals surface area contributed by atoms with Crippen molar-refractivity contribution in [1.82, 2.24) is 15.1 Å². The first-order valence-electron chi connectivity index (χ1n) is 6.73. The molecule has 0 fully saturated rings. The maximum atomic E-state index is 4.42. The van der Waals surface area contributed by atoms with Crippen molar-refractivity contribution in [3.63, 3.8) is 0 Å². The molecule has 0 aliphatic carbocycles. The van der Waals surface area contributed by atoms with E-state index in [-0.39, 0.29) is 0 Å². The minimum absolute atomic E-state index is 0.520. The Bertz CT molecular complexity index is 315. The first-order chi connectivity index (χ1) is 7.99. The Morgan fingerprint density at radius 3 is 2.53 bits per heavy atom. The van der Waals surface area contributed by atoms with Crippen LogP contribution in [0.3, 0.4) is 0 Å². The Morgan fingerprint density at radius 1 is 1.24 bits per heavy atom. The number of rotatable bonds is 7. The second-order valence-electron chi connectivity index (χ2n) is 5.77. The molecule has 17 heavy (non-hydrogen) atoms. The van der Waals surface area contributed by atoms with E-state index >= 15 is 0 Å². The summed E-state index contributed by atoms with van der Waals surface area (Å²) in [6.45, 7) is 13.1. The van der Waals surface area contributed by atoms with Gasteiger partial charge in [0, 0.05) is 25.3 Å². The van der Waals surface area contributed by atoms with Gasteiger partial charge in [0.05, 0.1) is 5.69 Å². The Balaban J connectivity index is 2.50. The lowest BCUT2D eigenvalue weighted by atomic mass is 9.99. The molecule has 0 spiro atoms. The molecule has 0 aromatic carbocycles. The number of hydrogen-bond acceptors (Lipinski definition) is 2. The molecule has 0 saturated heterocycles. The van der Waals surface area contributed by atoms with Crippen molar-refractivity contribution in [2.24, 2.45) is 11.8 Å². The van der Waals surface area contributed by atoms with Crippen LogP contribution in [0.1, 0.15) is 46.7 Å². The van der Waals surface area contributed by atoms with E-state index in [1.807, 2.05) is 6.20 Å². The van der Waals surface area contributed by atoms with E-state index in [9.17, 15) is 0 Å². The molecule has 0 bridgehead atoms. The average molecular weight is 237 g/mol. The van der Waals surface area contributed by atoms with Gasteiger partial charge in [0.25, 0.3) is 0 Å². The predicted octanol–water partition coefficient (Wildman–Crippen LogP) is 3.06. The molecule has 1 unspecified atom stereocenters. The minimum atomic E-state index is 0.520. The Labute approximate surface area is 106 Å². The zero-order valence-corrected chi connectivity index (χ0v) is 11.9. The second-order valence-corrected chi connectivity index (χ2v) is 5.77. The van der Waals surface area contributed by atoms with Gasteiger partial charge in [-0.05, 0) is 24.3 Å². The molecule has 1 atom stereocenters. The SMILES string of the molecule is CC(C)CC(C)Cn1nccc1CNC(C)C. The van der Waals surface area contributed by atoms with E-state index in [2.05, 4.69) is 55.8 Å².